The summed E-state index contributed by atoms with van der Waals surface area (Å²) >= 11 is 0. The summed E-state index contributed by atoms with van der Waals surface area (Å²) in [5.74, 6) is 0. The van der Waals surface area contributed by atoms with Gasteiger partial charge in [-0.05, 0) is 28.8 Å². The van der Waals surface area contributed by atoms with Gasteiger partial charge in [-0.1, -0.05) is 36.4 Å². The Bertz CT molecular complexity index is 699. The number of hydrogen-bond donors (Lipinski definition) is 1. The van der Waals surface area contributed by atoms with Crippen LogP contribution < -0.4 is 5.32 Å². The second kappa shape index (κ2) is 7.13. The molecule has 0 bridgehead atoms. The Morgan fingerprint density at radius 3 is 2.00 bits per heavy atom. The Labute approximate surface area is 143 Å². The fraction of sp³-hybridized carbons (Fsp3) is 0.235. The SMILES string of the molecule is Cl.O=C1N[C@@H](c2ccc(-c3ccc(C(F)(F)F)cc3)cc2)CCO1. The highest BCUT2D eigenvalue weighted by Crippen LogP contribution is 2.31. The molecule has 2 aromatic rings. The Morgan fingerprint density at radius 1 is 0.958 bits per heavy atom. The number of alkyl halides is 3. The summed E-state index contributed by atoms with van der Waals surface area (Å²) in [4.78, 5) is 11.2. The third-order valence-corrected chi connectivity index (χ3v) is 3.79. The highest BCUT2D eigenvalue weighted by atomic mass is 35.5. The first-order chi connectivity index (χ1) is 10.9. The van der Waals surface area contributed by atoms with Gasteiger partial charge in [0.25, 0.3) is 0 Å². The second-order valence-corrected chi connectivity index (χ2v) is 5.32. The molecule has 1 fully saturated rings. The predicted molar refractivity (Wildman–Crippen MR) is 86.0 cm³/mol. The monoisotopic (exact) mass is 357 g/mol. The van der Waals surface area contributed by atoms with Gasteiger partial charge in [-0.15, -0.1) is 12.4 Å². The van der Waals surface area contributed by atoms with Gasteiger partial charge < -0.3 is 10.1 Å². The lowest BCUT2D eigenvalue weighted by molar-refractivity contribution is -0.137. The van der Waals surface area contributed by atoms with E-state index in [9.17, 15) is 18.0 Å². The Kier molecular flexibility index (Phi) is 5.39. The molecule has 0 unspecified atom stereocenters. The first kappa shape index (κ1) is 18.1. The van der Waals surface area contributed by atoms with Crippen molar-refractivity contribution in [1.82, 2.24) is 5.32 Å². The Morgan fingerprint density at radius 2 is 1.50 bits per heavy atom. The van der Waals surface area contributed by atoms with E-state index in [0.29, 0.717) is 18.6 Å². The van der Waals surface area contributed by atoms with Crippen molar-refractivity contribution in [1.29, 1.82) is 0 Å². The van der Waals surface area contributed by atoms with Crippen molar-refractivity contribution >= 4 is 18.5 Å². The van der Waals surface area contributed by atoms with Crippen LogP contribution in [0, 0.1) is 0 Å². The maximum Gasteiger partial charge on any atom is 0.416 e. The van der Waals surface area contributed by atoms with E-state index in [-0.39, 0.29) is 18.4 Å². The molecule has 3 rings (SSSR count). The average Bonchev–Trinajstić information content (AvgIpc) is 2.54. The van der Waals surface area contributed by atoms with Crippen molar-refractivity contribution in [2.75, 3.05) is 6.61 Å². The Hall–Kier alpha value is -2.21. The normalized spacial score (nSPS) is 17.5. The van der Waals surface area contributed by atoms with E-state index < -0.39 is 17.8 Å². The lowest BCUT2D eigenvalue weighted by Crippen LogP contribution is -2.35. The summed E-state index contributed by atoms with van der Waals surface area (Å²) in [5, 5.41) is 2.73. The van der Waals surface area contributed by atoms with Crippen LogP contribution in [0.5, 0.6) is 0 Å². The highest BCUT2D eigenvalue weighted by molar-refractivity contribution is 5.85. The van der Waals surface area contributed by atoms with Gasteiger partial charge in [-0.3, -0.25) is 0 Å². The summed E-state index contributed by atoms with van der Waals surface area (Å²) in [6, 6.07) is 12.3. The first-order valence-electron chi connectivity index (χ1n) is 7.14. The van der Waals surface area contributed by atoms with Crippen LogP contribution >= 0.6 is 12.4 Å². The van der Waals surface area contributed by atoms with Crippen molar-refractivity contribution in [3.63, 3.8) is 0 Å². The molecule has 3 nitrogen and oxygen atoms in total. The maximum atomic E-state index is 12.6. The van der Waals surface area contributed by atoms with E-state index in [2.05, 4.69) is 5.32 Å². The van der Waals surface area contributed by atoms with E-state index in [1.165, 1.54) is 12.1 Å². The van der Waals surface area contributed by atoms with E-state index >= 15 is 0 Å². The zero-order valence-corrected chi connectivity index (χ0v) is 13.3. The molecule has 1 N–H and O–H groups in total. The number of carbonyl (C=O) groups excluding carboxylic acids is 1. The number of ether oxygens (including phenoxy) is 1. The van der Waals surface area contributed by atoms with Crippen LogP contribution in [0.2, 0.25) is 0 Å². The minimum Gasteiger partial charge on any atom is -0.449 e. The molecule has 7 heteroatoms. The van der Waals surface area contributed by atoms with Crippen molar-refractivity contribution in [2.24, 2.45) is 0 Å². The zero-order valence-electron chi connectivity index (χ0n) is 12.5. The number of nitrogens with one attached hydrogen (secondary N) is 1. The number of rotatable bonds is 2. The zero-order chi connectivity index (χ0) is 16.4. The molecule has 0 aromatic heterocycles. The lowest BCUT2D eigenvalue weighted by Gasteiger charge is -2.23. The summed E-state index contributed by atoms with van der Waals surface area (Å²) in [6.45, 7) is 0.372. The lowest BCUT2D eigenvalue weighted by atomic mass is 9.98. The maximum absolute atomic E-state index is 12.6. The molecular weight excluding hydrogens is 343 g/mol. The van der Waals surface area contributed by atoms with Crippen LogP contribution in [0.3, 0.4) is 0 Å². The van der Waals surface area contributed by atoms with Gasteiger partial charge in [0.15, 0.2) is 0 Å². The van der Waals surface area contributed by atoms with Gasteiger partial charge in [-0.25, -0.2) is 4.79 Å². The second-order valence-electron chi connectivity index (χ2n) is 5.32. The van der Waals surface area contributed by atoms with E-state index in [0.717, 1.165) is 23.3 Å². The smallest absolute Gasteiger partial charge is 0.416 e. The number of carbonyl (C=O) groups is 1. The van der Waals surface area contributed by atoms with Crippen LogP contribution in [0.4, 0.5) is 18.0 Å². The van der Waals surface area contributed by atoms with Crippen molar-refractivity contribution in [3.8, 4) is 11.1 Å². The largest absolute Gasteiger partial charge is 0.449 e. The molecule has 2 aromatic carbocycles. The summed E-state index contributed by atoms with van der Waals surface area (Å²) in [5.41, 5.74) is 1.81. The van der Waals surface area contributed by atoms with E-state index in [1.807, 2.05) is 24.3 Å². The van der Waals surface area contributed by atoms with Gasteiger partial charge in [0.05, 0.1) is 18.2 Å². The average molecular weight is 358 g/mol. The number of benzene rings is 2. The van der Waals surface area contributed by atoms with Crippen LogP contribution in [-0.2, 0) is 10.9 Å². The van der Waals surface area contributed by atoms with Gasteiger partial charge in [0, 0.05) is 6.42 Å². The molecule has 0 aliphatic carbocycles. The minimum absolute atomic E-state index is 0. The van der Waals surface area contributed by atoms with Gasteiger partial charge >= 0.3 is 12.3 Å². The molecular formula is C17H15ClF3NO2. The van der Waals surface area contributed by atoms with E-state index in [1.54, 1.807) is 0 Å². The number of cyclic esters (lactones) is 1. The standard InChI is InChI=1S/C17H14F3NO2.ClH/c18-17(19,20)14-7-5-12(6-8-14)11-1-3-13(4-2-11)15-9-10-23-16(22)21-15;/h1-8,15H,9-10H2,(H,21,22);1H/t15-;/m1./s1. The molecule has 1 aliphatic rings. The third-order valence-electron chi connectivity index (χ3n) is 3.79. The van der Waals surface area contributed by atoms with Crippen molar-refractivity contribution < 1.29 is 22.7 Å². The van der Waals surface area contributed by atoms with Gasteiger partial charge in [0.2, 0.25) is 0 Å². The molecule has 1 atom stereocenters. The summed E-state index contributed by atoms with van der Waals surface area (Å²) in [6.07, 6.45) is -4.08. The number of halogens is 4. The Balaban J connectivity index is 0.00000208. The number of hydrogen-bond acceptors (Lipinski definition) is 2. The summed E-state index contributed by atoms with van der Waals surface area (Å²) in [7, 11) is 0. The topological polar surface area (TPSA) is 38.3 Å². The molecule has 1 amide bonds. The highest BCUT2D eigenvalue weighted by Gasteiger charge is 2.30. The molecule has 128 valence electrons. The van der Waals surface area contributed by atoms with Crippen LogP contribution in [0.25, 0.3) is 11.1 Å². The first-order valence-corrected chi connectivity index (χ1v) is 7.14. The molecule has 0 saturated carbocycles. The van der Waals surface area contributed by atoms with Crippen LogP contribution in [0.15, 0.2) is 48.5 Å². The fourth-order valence-electron chi connectivity index (χ4n) is 2.54. The minimum atomic E-state index is -4.33. The van der Waals surface area contributed by atoms with E-state index in [4.69, 9.17) is 4.74 Å². The molecule has 24 heavy (non-hydrogen) atoms. The third kappa shape index (κ3) is 4.00. The number of amides is 1. The summed E-state index contributed by atoms with van der Waals surface area (Å²) < 4.78 is 42.5. The fourth-order valence-corrected chi connectivity index (χ4v) is 2.54. The van der Waals surface area contributed by atoms with Crippen molar-refractivity contribution in [3.05, 3.63) is 59.7 Å². The molecule has 0 radical (unpaired) electrons. The van der Waals surface area contributed by atoms with Crippen LogP contribution in [-0.4, -0.2) is 12.7 Å². The molecule has 1 heterocycles. The predicted octanol–water partition coefficient (Wildman–Crippen LogP) is 4.97. The molecule has 0 spiro atoms. The number of alkyl carbamates (subject to hydrolysis) is 1. The van der Waals surface area contributed by atoms with Gasteiger partial charge in [0.1, 0.15) is 0 Å². The quantitative estimate of drug-likeness (QED) is 0.824. The van der Waals surface area contributed by atoms with Crippen molar-refractivity contribution in [2.45, 2.75) is 18.6 Å². The van der Waals surface area contributed by atoms with Crippen LogP contribution in [0.1, 0.15) is 23.6 Å². The molecule has 1 aliphatic heterocycles. The van der Waals surface area contributed by atoms with Gasteiger partial charge in [-0.2, -0.15) is 13.2 Å². The molecule has 1 saturated heterocycles.